The molecule has 0 aliphatic carbocycles. The summed E-state index contributed by atoms with van der Waals surface area (Å²) in [5.74, 6) is -0.750. The Balaban J connectivity index is 1.99. The first-order valence-electron chi connectivity index (χ1n) is 12.2. The second kappa shape index (κ2) is 13.3. The maximum absolute atomic E-state index is 13.8. The number of carbonyl (C=O) groups excluding carboxylic acids is 2. The van der Waals surface area contributed by atoms with Crippen molar-refractivity contribution in [2.75, 3.05) is 23.9 Å². The van der Waals surface area contributed by atoms with Gasteiger partial charge in [-0.1, -0.05) is 73.1 Å². The summed E-state index contributed by atoms with van der Waals surface area (Å²) < 4.78 is 28.4. The molecule has 3 aromatic carbocycles. The number of nitrogens with zero attached hydrogens (tertiary/aromatic N) is 2. The number of sulfonamides is 1. The number of amides is 2. The van der Waals surface area contributed by atoms with E-state index in [4.69, 9.17) is 11.6 Å². The molecule has 0 aliphatic rings. The summed E-state index contributed by atoms with van der Waals surface area (Å²) in [7, 11) is -4.10. The van der Waals surface area contributed by atoms with Gasteiger partial charge in [0.25, 0.3) is 10.0 Å². The Hall–Kier alpha value is -3.36. The highest BCUT2D eigenvalue weighted by atomic mass is 35.5. The maximum atomic E-state index is 13.8. The molecule has 0 saturated heterocycles. The molecule has 196 valence electrons. The molecule has 0 spiro atoms. The highest BCUT2D eigenvalue weighted by Gasteiger charge is 2.33. The molecule has 37 heavy (non-hydrogen) atoms. The number of rotatable bonds is 12. The minimum atomic E-state index is -4.10. The Kier molecular flexibility index (Phi) is 10.1. The van der Waals surface area contributed by atoms with Crippen LogP contribution in [-0.4, -0.2) is 50.8 Å². The third-order valence-electron chi connectivity index (χ3n) is 5.93. The Labute approximate surface area is 224 Å². The predicted molar refractivity (Wildman–Crippen MR) is 147 cm³/mol. The zero-order chi connectivity index (χ0) is 26.8. The van der Waals surface area contributed by atoms with Crippen LogP contribution in [0.15, 0.2) is 89.8 Å². The minimum absolute atomic E-state index is 0.0504. The summed E-state index contributed by atoms with van der Waals surface area (Å²) >= 11 is 6.18. The summed E-state index contributed by atoms with van der Waals surface area (Å²) in [5.41, 5.74) is 1.27. The zero-order valence-corrected chi connectivity index (χ0v) is 22.6. The molecule has 3 aromatic rings. The number of nitrogens with one attached hydrogen (secondary N) is 1. The molecule has 0 fully saturated rings. The Morgan fingerprint density at radius 3 is 2.16 bits per heavy atom. The molecule has 1 unspecified atom stereocenters. The summed E-state index contributed by atoms with van der Waals surface area (Å²) in [4.78, 5) is 28.3. The predicted octanol–water partition coefficient (Wildman–Crippen LogP) is 4.52. The van der Waals surface area contributed by atoms with Gasteiger partial charge in [0.05, 0.1) is 10.6 Å². The summed E-state index contributed by atoms with van der Waals surface area (Å²) in [6.45, 7) is 3.84. The first-order chi connectivity index (χ1) is 17.8. The lowest BCUT2D eigenvalue weighted by Gasteiger charge is -2.33. The minimum Gasteiger partial charge on any atom is -0.355 e. The molecule has 1 N–H and O–H groups in total. The van der Waals surface area contributed by atoms with Crippen LogP contribution in [0.2, 0.25) is 5.02 Å². The normalized spacial score (nSPS) is 12.0. The van der Waals surface area contributed by atoms with Crippen LogP contribution in [0.4, 0.5) is 5.69 Å². The SMILES string of the molecule is CCNC(=O)C(CC)N(CCc1ccccc1)C(=O)CN(c1cccc(Cl)c1)S(=O)(=O)c1ccccc1. The van der Waals surface area contributed by atoms with Crippen LogP contribution in [0.1, 0.15) is 25.8 Å². The largest absolute Gasteiger partial charge is 0.355 e. The van der Waals surface area contributed by atoms with Gasteiger partial charge < -0.3 is 10.2 Å². The van der Waals surface area contributed by atoms with Crippen LogP contribution in [0.25, 0.3) is 0 Å². The van der Waals surface area contributed by atoms with E-state index in [2.05, 4.69) is 5.32 Å². The number of anilines is 1. The molecule has 0 bridgehead atoms. The molecule has 7 nitrogen and oxygen atoms in total. The standard InChI is InChI=1S/C28H32ClN3O4S/c1-3-26(28(34)30-4-2)31(19-18-22-12-7-5-8-13-22)27(33)21-32(24-15-11-14-23(29)20-24)37(35,36)25-16-9-6-10-17-25/h5-17,20,26H,3-4,18-19,21H2,1-2H3,(H,30,34). The lowest BCUT2D eigenvalue weighted by atomic mass is 10.1. The molecule has 1 atom stereocenters. The van der Waals surface area contributed by atoms with E-state index in [-0.39, 0.29) is 23.0 Å². The molecule has 9 heteroatoms. The highest BCUT2D eigenvalue weighted by Crippen LogP contribution is 2.26. The van der Waals surface area contributed by atoms with Gasteiger partial charge in [-0.05, 0) is 55.7 Å². The van der Waals surface area contributed by atoms with E-state index < -0.39 is 28.5 Å². The number of carbonyl (C=O) groups is 2. The van der Waals surface area contributed by atoms with Gasteiger partial charge in [0, 0.05) is 18.1 Å². The first-order valence-corrected chi connectivity index (χ1v) is 14.0. The number of halogens is 1. The number of hydrogen-bond donors (Lipinski definition) is 1. The van der Waals surface area contributed by atoms with Crippen LogP contribution >= 0.6 is 11.6 Å². The van der Waals surface area contributed by atoms with Crippen LogP contribution in [0, 0.1) is 0 Å². The molecular formula is C28H32ClN3O4S. The molecular weight excluding hydrogens is 510 g/mol. The van der Waals surface area contributed by atoms with Gasteiger partial charge in [0.2, 0.25) is 11.8 Å². The van der Waals surface area contributed by atoms with E-state index in [1.807, 2.05) is 44.2 Å². The Morgan fingerprint density at radius 1 is 0.919 bits per heavy atom. The Morgan fingerprint density at radius 2 is 1.57 bits per heavy atom. The molecule has 0 saturated carbocycles. The van der Waals surface area contributed by atoms with Crippen molar-refractivity contribution in [1.82, 2.24) is 10.2 Å². The van der Waals surface area contributed by atoms with Gasteiger partial charge in [-0.2, -0.15) is 0 Å². The number of hydrogen-bond acceptors (Lipinski definition) is 4. The maximum Gasteiger partial charge on any atom is 0.264 e. The monoisotopic (exact) mass is 541 g/mol. The summed E-state index contributed by atoms with van der Waals surface area (Å²) in [6.07, 6.45) is 0.903. The van der Waals surface area contributed by atoms with E-state index in [0.717, 1.165) is 9.87 Å². The molecule has 2 amide bonds. The van der Waals surface area contributed by atoms with Crippen LogP contribution in [0.5, 0.6) is 0 Å². The fourth-order valence-corrected chi connectivity index (χ4v) is 5.68. The van der Waals surface area contributed by atoms with Crippen molar-refractivity contribution in [3.05, 3.63) is 95.5 Å². The van der Waals surface area contributed by atoms with E-state index in [9.17, 15) is 18.0 Å². The van der Waals surface area contributed by atoms with E-state index >= 15 is 0 Å². The van der Waals surface area contributed by atoms with Gasteiger partial charge in [-0.15, -0.1) is 0 Å². The van der Waals surface area contributed by atoms with Crippen LogP contribution in [0.3, 0.4) is 0 Å². The van der Waals surface area contributed by atoms with Gasteiger partial charge in [0.1, 0.15) is 12.6 Å². The van der Waals surface area contributed by atoms with Crippen molar-refractivity contribution in [2.24, 2.45) is 0 Å². The van der Waals surface area contributed by atoms with Crippen molar-refractivity contribution >= 4 is 39.1 Å². The lowest BCUT2D eigenvalue weighted by Crippen LogP contribution is -2.53. The first kappa shape index (κ1) is 28.2. The lowest BCUT2D eigenvalue weighted by molar-refractivity contribution is -0.139. The average molecular weight is 542 g/mol. The quantitative estimate of drug-likeness (QED) is 0.365. The molecule has 0 heterocycles. The van der Waals surface area contributed by atoms with Crippen molar-refractivity contribution in [2.45, 2.75) is 37.6 Å². The van der Waals surface area contributed by atoms with Crippen molar-refractivity contribution < 1.29 is 18.0 Å². The fourth-order valence-electron chi connectivity index (χ4n) is 4.07. The topological polar surface area (TPSA) is 86.8 Å². The third kappa shape index (κ3) is 7.33. The zero-order valence-electron chi connectivity index (χ0n) is 21.0. The molecule has 0 aromatic heterocycles. The van der Waals surface area contributed by atoms with E-state index in [0.29, 0.717) is 24.4 Å². The number of benzene rings is 3. The second-order valence-corrected chi connectivity index (χ2v) is 10.7. The second-order valence-electron chi connectivity index (χ2n) is 8.45. The third-order valence-corrected chi connectivity index (χ3v) is 7.95. The molecule has 0 aliphatic heterocycles. The summed E-state index contributed by atoms with van der Waals surface area (Å²) in [5, 5.41) is 3.14. The van der Waals surface area contributed by atoms with Crippen molar-refractivity contribution in [3.8, 4) is 0 Å². The number of likely N-dealkylation sites (N-methyl/N-ethyl adjacent to an activating group) is 1. The van der Waals surface area contributed by atoms with Gasteiger partial charge in [-0.3, -0.25) is 13.9 Å². The van der Waals surface area contributed by atoms with Gasteiger partial charge in [0.15, 0.2) is 0 Å². The molecule has 3 rings (SSSR count). The smallest absolute Gasteiger partial charge is 0.264 e. The highest BCUT2D eigenvalue weighted by molar-refractivity contribution is 7.92. The average Bonchev–Trinajstić information content (AvgIpc) is 2.90. The van der Waals surface area contributed by atoms with Gasteiger partial charge >= 0.3 is 0 Å². The van der Waals surface area contributed by atoms with E-state index in [1.165, 1.54) is 23.1 Å². The summed E-state index contributed by atoms with van der Waals surface area (Å²) in [6, 6.07) is 23.2. The van der Waals surface area contributed by atoms with Crippen molar-refractivity contribution in [1.29, 1.82) is 0 Å². The molecule has 0 radical (unpaired) electrons. The van der Waals surface area contributed by atoms with Crippen molar-refractivity contribution in [3.63, 3.8) is 0 Å². The van der Waals surface area contributed by atoms with Crippen LogP contribution < -0.4 is 9.62 Å². The fraction of sp³-hybridized carbons (Fsp3) is 0.286. The van der Waals surface area contributed by atoms with E-state index in [1.54, 1.807) is 36.4 Å². The Bertz CT molecular complexity index is 1290. The van der Waals surface area contributed by atoms with Crippen LogP contribution in [-0.2, 0) is 26.0 Å². The van der Waals surface area contributed by atoms with Gasteiger partial charge in [-0.25, -0.2) is 8.42 Å².